The van der Waals surface area contributed by atoms with E-state index in [9.17, 15) is 0 Å². The molecule has 0 radical (unpaired) electrons. The van der Waals surface area contributed by atoms with Gasteiger partial charge in [-0.05, 0) is 72.0 Å². The Hall–Kier alpha value is -7.18. The van der Waals surface area contributed by atoms with Crippen molar-refractivity contribution < 1.29 is 9.15 Å². The van der Waals surface area contributed by atoms with Gasteiger partial charge in [0, 0.05) is 32.9 Å². The van der Waals surface area contributed by atoms with E-state index in [1.54, 1.807) is 0 Å². The van der Waals surface area contributed by atoms with Gasteiger partial charge in [-0.1, -0.05) is 127 Å². The molecule has 4 heterocycles. The summed E-state index contributed by atoms with van der Waals surface area (Å²) in [7, 11) is 0. The van der Waals surface area contributed by atoms with Crippen LogP contribution < -0.4 is 5.32 Å². The molecular weight excluding hydrogens is 701 g/mol. The number of allylic oxidation sites excluding steroid dienone is 4. The second-order valence-corrected chi connectivity index (χ2v) is 15.1. The summed E-state index contributed by atoms with van der Waals surface area (Å²) in [5.74, 6) is 2.51. The number of aliphatic imine (C=N–C) groups is 2. The summed E-state index contributed by atoms with van der Waals surface area (Å²) in [6.07, 6.45) is 10.3. The van der Waals surface area contributed by atoms with Crippen molar-refractivity contribution in [2.24, 2.45) is 15.9 Å². The van der Waals surface area contributed by atoms with Crippen molar-refractivity contribution in [1.82, 2.24) is 9.88 Å². The lowest BCUT2D eigenvalue weighted by molar-refractivity contribution is 0.185. The van der Waals surface area contributed by atoms with Crippen LogP contribution in [0.1, 0.15) is 35.7 Å². The van der Waals surface area contributed by atoms with E-state index in [-0.39, 0.29) is 18.2 Å². The third-order valence-corrected chi connectivity index (χ3v) is 11.9. The molecule has 8 aromatic rings. The van der Waals surface area contributed by atoms with Crippen molar-refractivity contribution in [3.63, 3.8) is 0 Å². The highest BCUT2D eigenvalue weighted by Crippen LogP contribution is 2.50. The Labute approximate surface area is 329 Å². The molecule has 0 saturated carbocycles. The molecule has 3 atom stereocenters. The molecule has 57 heavy (non-hydrogen) atoms. The summed E-state index contributed by atoms with van der Waals surface area (Å²) >= 11 is 0. The van der Waals surface area contributed by atoms with Gasteiger partial charge in [-0.3, -0.25) is 0 Å². The second-order valence-electron chi connectivity index (χ2n) is 15.1. The predicted molar refractivity (Wildman–Crippen MR) is 231 cm³/mol. The molecule has 2 aromatic heterocycles. The number of benzene rings is 6. The highest BCUT2D eigenvalue weighted by atomic mass is 16.5. The molecule has 0 bridgehead atoms. The maximum absolute atomic E-state index is 6.95. The summed E-state index contributed by atoms with van der Waals surface area (Å²) in [6, 6.07) is 51.1. The molecule has 1 fully saturated rings. The number of hydrogen-bond acceptors (Lipinski definition) is 5. The Morgan fingerprint density at radius 2 is 1.42 bits per heavy atom. The number of amidine groups is 2. The Kier molecular flexibility index (Phi) is 7.14. The standard InChI is InChI=1S/C51H36N4O2/c1-3-14-31(15-4-1)49-52-50(32-16-5-2-6-17-32)54-51(53-49)38-22-11-21-37-46-34(20-12-26-44(46)57-48(37)38)33-28-29-43-39(30-33)47-42(25-13-27-45(47)56-43)55-40-23-9-7-18-35(40)36-19-8-10-24-41(36)55/h1-10,12-21,23-30,44,46,49H,11,22H2,(H,52,53,54). The van der Waals surface area contributed by atoms with Gasteiger partial charge in [0.05, 0.1) is 28.0 Å². The van der Waals surface area contributed by atoms with Crippen molar-refractivity contribution in [3.8, 4) is 5.69 Å². The molecule has 3 unspecified atom stereocenters. The van der Waals surface area contributed by atoms with Gasteiger partial charge in [-0.25, -0.2) is 9.98 Å². The fourth-order valence-electron chi connectivity index (χ4n) is 9.39. The van der Waals surface area contributed by atoms with Crippen LogP contribution in [-0.2, 0) is 4.74 Å². The van der Waals surface area contributed by atoms with Crippen LogP contribution >= 0.6 is 0 Å². The molecule has 6 aromatic carbocycles. The monoisotopic (exact) mass is 736 g/mol. The largest absolute Gasteiger partial charge is 0.485 e. The number of fused-ring (bicyclic) bond motifs is 9. The number of aromatic nitrogens is 1. The Bertz CT molecular complexity index is 3090. The van der Waals surface area contributed by atoms with E-state index in [1.807, 2.05) is 24.3 Å². The van der Waals surface area contributed by atoms with Gasteiger partial charge in [0.2, 0.25) is 0 Å². The smallest absolute Gasteiger partial charge is 0.159 e. The minimum absolute atomic E-state index is 0.0394. The first kappa shape index (κ1) is 32.1. The zero-order chi connectivity index (χ0) is 37.5. The summed E-state index contributed by atoms with van der Waals surface area (Å²) in [5, 5.41) is 8.28. The first-order valence-electron chi connectivity index (χ1n) is 19.7. The molecule has 2 aliphatic carbocycles. The van der Waals surface area contributed by atoms with Gasteiger partial charge < -0.3 is 19.0 Å². The van der Waals surface area contributed by atoms with E-state index in [0.29, 0.717) is 0 Å². The van der Waals surface area contributed by atoms with Gasteiger partial charge in [-0.2, -0.15) is 0 Å². The number of hydrogen-bond donors (Lipinski definition) is 1. The van der Waals surface area contributed by atoms with Crippen LogP contribution in [0, 0.1) is 5.92 Å². The van der Waals surface area contributed by atoms with E-state index in [1.165, 1.54) is 33.0 Å². The van der Waals surface area contributed by atoms with Crippen LogP contribution in [0.2, 0.25) is 0 Å². The van der Waals surface area contributed by atoms with E-state index in [2.05, 4.69) is 156 Å². The fraction of sp³-hybridized carbons (Fsp3) is 0.0980. The first-order valence-corrected chi connectivity index (χ1v) is 19.7. The Morgan fingerprint density at radius 1 is 0.667 bits per heavy atom. The van der Waals surface area contributed by atoms with Crippen molar-refractivity contribution in [1.29, 1.82) is 0 Å². The van der Waals surface area contributed by atoms with Crippen molar-refractivity contribution in [2.75, 3.05) is 0 Å². The zero-order valence-electron chi connectivity index (χ0n) is 31.0. The average Bonchev–Trinajstić information content (AvgIpc) is 3.96. The minimum Gasteiger partial charge on any atom is -0.485 e. The van der Waals surface area contributed by atoms with Gasteiger partial charge in [0.1, 0.15) is 35.0 Å². The minimum atomic E-state index is -0.265. The van der Waals surface area contributed by atoms with E-state index >= 15 is 0 Å². The molecule has 272 valence electrons. The lowest BCUT2D eigenvalue weighted by Gasteiger charge is -2.26. The normalized spacial score (nSPS) is 20.2. The molecule has 1 saturated heterocycles. The molecule has 0 spiro atoms. The van der Waals surface area contributed by atoms with Crippen LogP contribution in [0.15, 0.2) is 201 Å². The van der Waals surface area contributed by atoms with Gasteiger partial charge in [0.25, 0.3) is 0 Å². The SMILES string of the molecule is C1=CC2OC3=C(C4=NC(c5ccccc5)NC(c5ccccc5)=N4)CCC=C3C2C(c2ccc3oc4cccc(-n5c6ccccc6c6ccccc65)c4c3c2)=C1. The summed E-state index contributed by atoms with van der Waals surface area (Å²) in [6.45, 7) is 0. The number of rotatable bonds is 5. The maximum Gasteiger partial charge on any atom is 0.159 e. The van der Waals surface area contributed by atoms with Crippen LogP contribution in [-0.4, -0.2) is 22.3 Å². The first-order chi connectivity index (χ1) is 28.3. The van der Waals surface area contributed by atoms with Gasteiger partial charge >= 0.3 is 0 Å². The molecule has 0 amide bonds. The van der Waals surface area contributed by atoms with Crippen molar-refractivity contribution >= 4 is 61.0 Å². The molecule has 6 nitrogen and oxygen atoms in total. The van der Waals surface area contributed by atoms with Crippen molar-refractivity contribution in [2.45, 2.75) is 25.1 Å². The number of furan rings is 1. The van der Waals surface area contributed by atoms with E-state index < -0.39 is 0 Å². The van der Waals surface area contributed by atoms with E-state index in [0.717, 1.165) is 80.2 Å². The van der Waals surface area contributed by atoms with Gasteiger partial charge in [-0.15, -0.1) is 0 Å². The summed E-state index contributed by atoms with van der Waals surface area (Å²) < 4.78 is 15.9. The third kappa shape index (κ3) is 5.03. The highest BCUT2D eigenvalue weighted by Gasteiger charge is 2.43. The predicted octanol–water partition coefficient (Wildman–Crippen LogP) is 11.8. The van der Waals surface area contributed by atoms with E-state index in [4.69, 9.17) is 19.1 Å². The Balaban J connectivity index is 0.972. The molecular formula is C51H36N4O2. The molecule has 2 aliphatic heterocycles. The summed E-state index contributed by atoms with van der Waals surface area (Å²) in [4.78, 5) is 10.4. The molecule has 6 heteroatoms. The summed E-state index contributed by atoms with van der Waals surface area (Å²) in [5.41, 5.74) is 12.0. The molecule has 1 N–H and O–H groups in total. The van der Waals surface area contributed by atoms with Crippen LogP contribution in [0.5, 0.6) is 0 Å². The maximum atomic E-state index is 6.95. The second kappa shape index (κ2) is 12.7. The van der Waals surface area contributed by atoms with Crippen molar-refractivity contribution in [3.05, 3.63) is 203 Å². The topological polar surface area (TPSA) is 64.0 Å². The average molecular weight is 737 g/mol. The Morgan fingerprint density at radius 3 is 2.23 bits per heavy atom. The van der Waals surface area contributed by atoms with Crippen LogP contribution in [0.25, 0.3) is 55.0 Å². The van der Waals surface area contributed by atoms with Gasteiger partial charge in [0.15, 0.2) is 5.84 Å². The van der Waals surface area contributed by atoms with Crippen LogP contribution in [0.4, 0.5) is 0 Å². The molecule has 12 rings (SSSR count). The third-order valence-electron chi connectivity index (χ3n) is 11.9. The highest BCUT2D eigenvalue weighted by molar-refractivity contribution is 6.15. The lowest BCUT2D eigenvalue weighted by Crippen LogP contribution is -2.34. The zero-order valence-corrected chi connectivity index (χ0v) is 31.0. The number of para-hydroxylation sites is 2. The number of ether oxygens (including phenoxy) is 1. The fourth-order valence-corrected chi connectivity index (χ4v) is 9.39. The number of nitrogens with one attached hydrogen (secondary N) is 1. The number of nitrogens with zero attached hydrogens (tertiary/aromatic N) is 3. The van der Waals surface area contributed by atoms with Crippen LogP contribution in [0.3, 0.4) is 0 Å². The molecule has 4 aliphatic rings. The lowest BCUT2D eigenvalue weighted by atomic mass is 9.78. The quantitative estimate of drug-likeness (QED) is 0.191.